The standard InChI is InChI=1S/C24H39N5S2/c1-4-6-14-25-15-20-30-31-21-19-29(16-7-5-2)24-10-8-22(9-11-24)26-27-23-12-17-28(3)18-13-23/h8-13,17-18,25-26H,4-7,14-16,19-21H2,1-3H3/p+1. The topological polar surface area (TPSA) is 43.2 Å². The van der Waals surface area contributed by atoms with Crippen molar-refractivity contribution in [1.29, 1.82) is 0 Å². The number of pyridine rings is 1. The van der Waals surface area contributed by atoms with E-state index in [9.17, 15) is 0 Å². The van der Waals surface area contributed by atoms with Crippen LogP contribution < -0.4 is 25.6 Å². The Morgan fingerprint density at radius 1 is 0.774 bits per heavy atom. The van der Waals surface area contributed by atoms with E-state index in [1.807, 2.05) is 57.7 Å². The zero-order valence-electron chi connectivity index (χ0n) is 19.4. The first-order valence-corrected chi connectivity index (χ1v) is 14.0. The molecular formula is C24H40N5S2+. The molecule has 0 fully saturated rings. The summed E-state index contributed by atoms with van der Waals surface area (Å²) < 4.78 is 2.02. The monoisotopic (exact) mass is 462 g/mol. The molecule has 2 aromatic rings. The second-order valence-electron chi connectivity index (χ2n) is 7.64. The van der Waals surface area contributed by atoms with E-state index >= 15 is 0 Å². The van der Waals surface area contributed by atoms with E-state index in [2.05, 4.69) is 59.2 Å². The van der Waals surface area contributed by atoms with Gasteiger partial charge in [0.25, 0.3) is 0 Å². The van der Waals surface area contributed by atoms with Crippen LogP contribution in [0.3, 0.4) is 0 Å². The molecule has 0 unspecified atom stereocenters. The first kappa shape index (κ1) is 25.7. The van der Waals surface area contributed by atoms with Gasteiger partial charge in [-0.15, -0.1) is 0 Å². The molecule has 7 heteroatoms. The molecule has 172 valence electrons. The normalized spacial score (nSPS) is 10.8. The summed E-state index contributed by atoms with van der Waals surface area (Å²) in [5, 5.41) is 3.51. The minimum Gasteiger partial charge on any atom is -0.371 e. The van der Waals surface area contributed by atoms with Crippen molar-refractivity contribution in [3.05, 3.63) is 48.8 Å². The molecule has 0 saturated heterocycles. The SMILES string of the molecule is CCCCNCCSSCCN(CCCC)c1ccc(NNc2cc[n+](C)cc2)cc1. The third-order valence-electron chi connectivity index (χ3n) is 4.94. The fraction of sp³-hybridized carbons (Fsp3) is 0.542. The fourth-order valence-corrected chi connectivity index (χ4v) is 4.95. The third-order valence-corrected chi connectivity index (χ3v) is 7.33. The van der Waals surface area contributed by atoms with Crippen LogP contribution >= 0.6 is 21.6 Å². The third kappa shape index (κ3) is 11.0. The van der Waals surface area contributed by atoms with Crippen LogP contribution in [-0.2, 0) is 7.05 Å². The zero-order valence-corrected chi connectivity index (χ0v) is 21.0. The molecule has 0 amide bonds. The number of aryl methyl sites for hydroxylation is 1. The van der Waals surface area contributed by atoms with Crippen LogP contribution in [0, 0.1) is 0 Å². The average molecular weight is 463 g/mol. The van der Waals surface area contributed by atoms with Crippen molar-refractivity contribution in [2.45, 2.75) is 39.5 Å². The van der Waals surface area contributed by atoms with E-state index in [-0.39, 0.29) is 0 Å². The van der Waals surface area contributed by atoms with Crippen molar-refractivity contribution in [1.82, 2.24) is 5.32 Å². The molecule has 0 atom stereocenters. The number of benzene rings is 1. The number of hydrazine groups is 1. The van der Waals surface area contributed by atoms with Crippen LogP contribution in [0.2, 0.25) is 0 Å². The van der Waals surface area contributed by atoms with Crippen molar-refractivity contribution in [3.63, 3.8) is 0 Å². The van der Waals surface area contributed by atoms with E-state index in [0.29, 0.717) is 0 Å². The van der Waals surface area contributed by atoms with Crippen LogP contribution in [-0.4, -0.2) is 37.7 Å². The number of rotatable bonds is 17. The van der Waals surface area contributed by atoms with Gasteiger partial charge >= 0.3 is 0 Å². The number of anilines is 3. The maximum Gasteiger partial charge on any atom is 0.170 e. The second-order valence-corrected chi connectivity index (χ2v) is 10.3. The number of nitrogens with one attached hydrogen (secondary N) is 3. The van der Waals surface area contributed by atoms with E-state index in [1.165, 1.54) is 37.1 Å². The Morgan fingerprint density at radius 2 is 1.42 bits per heavy atom. The highest BCUT2D eigenvalue weighted by Gasteiger charge is 2.07. The summed E-state index contributed by atoms with van der Waals surface area (Å²) in [6, 6.07) is 12.8. The van der Waals surface area contributed by atoms with Gasteiger partial charge in [-0.3, -0.25) is 0 Å². The van der Waals surface area contributed by atoms with Gasteiger partial charge in [-0.1, -0.05) is 48.3 Å². The first-order valence-electron chi connectivity index (χ1n) is 11.5. The van der Waals surface area contributed by atoms with E-state index in [4.69, 9.17) is 0 Å². The van der Waals surface area contributed by atoms with Crippen molar-refractivity contribution >= 4 is 38.6 Å². The Hall–Kier alpha value is -1.57. The van der Waals surface area contributed by atoms with Crippen LogP contribution in [0.1, 0.15) is 39.5 Å². The largest absolute Gasteiger partial charge is 0.371 e. The molecule has 0 saturated carbocycles. The van der Waals surface area contributed by atoms with Crippen molar-refractivity contribution < 1.29 is 4.57 Å². The molecule has 0 aliphatic heterocycles. The van der Waals surface area contributed by atoms with Crippen LogP contribution in [0.15, 0.2) is 48.8 Å². The maximum absolute atomic E-state index is 3.51. The number of hydrogen-bond acceptors (Lipinski definition) is 6. The molecule has 2 rings (SSSR count). The number of hydrogen-bond donors (Lipinski definition) is 3. The lowest BCUT2D eigenvalue weighted by atomic mass is 10.2. The molecule has 1 heterocycles. The van der Waals surface area contributed by atoms with Gasteiger partial charge in [0.2, 0.25) is 0 Å². The van der Waals surface area contributed by atoms with Gasteiger partial charge < -0.3 is 21.1 Å². The predicted octanol–water partition coefficient (Wildman–Crippen LogP) is 5.33. The molecule has 31 heavy (non-hydrogen) atoms. The highest BCUT2D eigenvalue weighted by atomic mass is 33.1. The van der Waals surface area contributed by atoms with Crippen LogP contribution in [0.4, 0.5) is 17.1 Å². The molecule has 0 radical (unpaired) electrons. The zero-order chi connectivity index (χ0) is 22.2. The Morgan fingerprint density at radius 3 is 2.10 bits per heavy atom. The lowest BCUT2D eigenvalue weighted by molar-refractivity contribution is -0.671. The summed E-state index contributed by atoms with van der Waals surface area (Å²) in [5.74, 6) is 2.33. The summed E-state index contributed by atoms with van der Waals surface area (Å²) in [6.45, 7) is 8.97. The molecule has 5 nitrogen and oxygen atoms in total. The molecule has 1 aromatic carbocycles. The minimum atomic E-state index is 1.04. The van der Waals surface area contributed by atoms with Gasteiger partial charge in [-0.2, -0.15) is 0 Å². The van der Waals surface area contributed by atoms with Crippen molar-refractivity contribution in [2.24, 2.45) is 7.05 Å². The highest BCUT2D eigenvalue weighted by molar-refractivity contribution is 8.76. The van der Waals surface area contributed by atoms with Gasteiger partial charge in [0, 0.05) is 49.0 Å². The van der Waals surface area contributed by atoms with Crippen LogP contribution in [0.25, 0.3) is 0 Å². The summed E-state index contributed by atoms with van der Waals surface area (Å²) >= 11 is 0. The minimum absolute atomic E-state index is 1.04. The Labute approximate surface area is 197 Å². The number of aromatic nitrogens is 1. The highest BCUT2D eigenvalue weighted by Crippen LogP contribution is 2.23. The van der Waals surface area contributed by atoms with Crippen LogP contribution in [0.5, 0.6) is 0 Å². The molecule has 1 aromatic heterocycles. The fourth-order valence-electron chi connectivity index (χ4n) is 3.01. The van der Waals surface area contributed by atoms with E-state index in [1.54, 1.807) is 0 Å². The smallest absolute Gasteiger partial charge is 0.170 e. The van der Waals surface area contributed by atoms with E-state index < -0.39 is 0 Å². The summed E-state index contributed by atoms with van der Waals surface area (Å²) in [6.07, 6.45) is 9.05. The van der Waals surface area contributed by atoms with Gasteiger partial charge in [-0.05, 0) is 43.7 Å². The Balaban J connectivity index is 1.74. The maximum atomic E-state index is 3.51. The lowest BCUT2D eigenvalue weighted by Crippen LogP contribution is -2.27. The quantitative estimate of drug-likeness (QED) is 0.128. The summed E-state index contributed by atoms with van der Waals surface area (Å²) in [5.41, 5.74) is 9.95. The second kappa shape index (κ2) is 16.1. The molecule has 0 aliphatic carbocycles. The summed E-state index contributed by atoms with van der Waals surface area (Å²) in [7, 11) is 6.00. The van der Waals surface area contributed by atoms with E-state index in [0.717, 1.165) is 43.3 Å². The molecule has 0 aliphatic rings. The number of nitrogens with zero attached hydrogens (tertiary/aromatic N) is 2. The van der Waals surface area contributed by atoms with Crippen molar-refractivity contribution in [2.75, 3.05) is 53.4 Å². The first-order chi connectivity index (χ1) is 15.2. The predicted molar refractivity (Wildman–Crippen MR) is 141 cm³/mol. The molecule has 0 spiro atoms. The van der Waals surface area contributed by atoms with Gasteiger partial charge in [0.15, 0.2) is 12.4 Å². The molecule has 3 N–H and O–H groups in total. The molecular weight excluding hydrogens is 422 g/mol. The van der Waals surface area contributed by atoms with Gasteiger partial charge in [-0.25, -0.2) is 4.57 Å². The van der Waals surface area contributed by atoms with Gasteiger partial charge in [0.05, 0.1) is 11.4 Å². The number of unbranched alkanes of at least 4 members (excludes halogenated alkanes) is 2. The average Bonchev–Trinajstić information content (AvgIpc) is 2.80. The Bertz CT molecular complexity index is 694. The van der Waals surface area contributed by atoms with Gasteiger partial charge in [0.1, 0.15) is 7.05 Å². The van der Waals surface area contributed by atoms with Crippen molar-refractivity contribution in [3.8, 4) is 0 Å². The molecule has 0 bridgehead atoms. The Kier molecular flexibility index (Phi) is 13.4. The summed E-state index contributed by atoms with van der Waals surface area (Å²) in [4.78, 5) is 2.52. The lowest BCUT2D eigenvalue weighted by Gasteiger charge is -2.25.